The van der Waals surface area contributed by atoms with Crippen LogP contribution in [0, 0.1) is 10.1 Å². The van der Waals surface area contributed by atoms with Crippen LogP contribution in [-0.4, -0.2) is 27.9 Å². The number of hydrogen-bond acceptors (Lipinski definition) is 8. The first-order chi connectivity index (χ1) is 20.0. The van der Waals surface area contributed by atoms with Crippen molar-refractivity contribution >= 4 is 33.8 Å². The molecule has 6 rings (SSSR count). The van der Waals surface area contributed by atoms with Crippen molar-refractivity contribution < 1.29 is 18.8 Å². The molecule has 10 heteroatoms. The predicted octanol–water partition coefficient (Wildman–Crippen LogP) is 6.19. The molecule has 41 heavy (non-hydrogen) atoms. The van der Waals surface area contributed by atoms with Gasteiger partial charge in [-0.1, -0.05) is 36.4 Å². The van der Waals surface area contributed by atoms with Gasteiger partial charge in [-0.3, -0.25) is 14.9 Å². The van der Waals surface area contributed by atoms with E-state index in [1.54, 1.807) is 48.5 Å². The number of nitrogens with zero attached hydrogens (tertiary/aromatic N) is 4. The van der Waals surface area contributed by atoms with E-state index in [0.717, 1.165) is 10.9 Å². The molecular formula is C31H22N4O6. The summed E-state index contributed by atoms with van der Waals surface area (Å²) in [6.45, 7) is 0.126. The Bertz CT molecular complexity index is 1960. The van der Waals surface area contributed by atoms with Crippen LogP contribution in [0.1, 0.15) is 11.1 Å². The maximum Gasteiger partial charge on any atom is 0.282 e. The van der Waals surface area contributed by atoms with Gasteiger partial charge in [-0.05, 0) is 54.1 Å². The number of nitro groups is 1. The molecule has 0 N–H and O–H groups in total. The minimum absolute atomic E-state index is 0.00596. The molecule has 0 fully saturated rings. The highest BCUT2D eigenvalue weighted by atomic mass is 16.6. The fraction of sp³-hybridized carbons (Fsp3) is 0.0645. The van der Waals surface area contributed by atoms with Gasteiger partial charge in [0.15, 0.2) is 17.3 Å². The zero-order valence-electron chi connectivity index (χ0n) is 21.8. The third kappa shape index (κ3) is 5.01. The van der Waals surface area contributed by atoms with Crippen LogP contribution >= 0.6 is 0 Å². The number of rotatable bonds is 8. The van der Waals surface area contributed by atoms with E-state index in [2.05, 4.69) is 5.10 Å². The lowest BCUT2D eigenvalue weighted by Crippen LogP contribution is -2.20. The topological polar surface area (TPSA) is 122 Å². The molecule has 2 aromatic heterocycles. The number of para-hydroxylation sites is 3. The van der Waals surface area contributed by atoms with Crippen LogP contribution < -0.4 is 15.0 Å². The maximum atomic E-state index is 13.6. The van der Waals surface area contributed by atoms with E-state index in [1.807, 2.05) is 36.4 Å². The highest BCUT2D eigenvalue weighted by Crippen LogP contribution is 2.32. The van der Waals surface area contributed by atoms with Gasteiger partial charge in [0, 0.05) is 23.1 Å². The van der Waals surface area contributed by atoms with Crippen LogP contribution in [0.25, 0.3) is 33.5 Å². The molecule has 0 aliphatic carbocycles. The zero-order valence-corrected chi connectivity index (χ0v) is 21.8. The Balaban J connectivity index is 1.41. The predicted molar refractivity (Wildman–Crippen MR) is 155 cm³/mol. The van der Waals surface area contributed by atoms with Crippen LogP contribution in [0.15, 0.2) is 111 Å². The van der Waals surface area contributed by atoms with Crippen molar-refractivity contribution in [2.24, 2.45) is 5.10 Å². The van der Waals surface area contributed by atoms with Crippen LogP contribution in [-0.2, 0) is 6.61 Å². The lowest BCUT2D eigenvalue weighted by molar-refractivity contribution is -0.384. The van der Waals surface area contributed by atoms with Gasteiger partial charge in [0.1, 0.15) is 12.2 Å². The fourth-order valence-electron chi connectivity index (χ4n) is 4.42. The van der Waals surface area contributed by atoms with E-state index in [9.17, 15) is 14.9 Å². The summed E-state index contributed by atoms with van der Waals surface area (Å²) in [6.07, 6.45) is 1.50. The minimum atomic E-state index is -0.456. The molecule has 6 aromatic rings. The first-order valence-electron chi connectivity index (χ1n) is 12.6. The Morgan fingerprint density at radius 2 is 1.78 bits per heavy atom. The van der Waals surface area contributed by atoms with Crippen molar-refractivity contribution in [3.05, 3.63) is 129 Å². The van der Waals surface area contributed by atoms with Gasteiger partial charge in [0.25, 0.3) is 11.2 Å². The summed E-state index contributed by atoms with van der Waals surface area (Å²) in [7, 11) is 1.52. The lowest BCUT2D eigenvalue weighted by atomic mass is 10.2. The Hall–Kier alpha value is -5.77. The molecular weight excluding hydrogens is 524 g/mol. The summed E-state index contributed by atoms with van der Waals surface area (Å²) in [4.78, 5) is 28.9. The van der Waals surface area contributed by atoms with Gasteiger partial charge >= 0.3 is 0 Å². The van der Waals surface area contributed by atoms with E-state index in [-0.39, 0.29) is 23.7 Å². The van der Waals surface area contributed by atoms with Crippen LogP contribution in [0.4, 0.5) is 5.69 Å². The molecule has 0 radical (unpaired) electrons. The summed E-state index contributed by atoms with van der Waals surface area (Å²) >= 11 is 0. The molecule has 0 atom stereocenters. The van der Waals surface area contributed by atoms with Gasteiger partial charge < -0.3 is 13.9 Å². The molecule has 0 amide bonds. The number of hydrogen-bond donors (Lipinski definition) is 0. The van der Waals surface area contributed by atoms with Crippen LogP contribution in [0.3, 0.4) is 0 Å². The Morgan fingerprint density at radius 1 is 1.00 bits per heavy atom. The summed E-state index contributed by atoms with van der Waals surface area (Å²) in [6, 6.07) is 27.8. The molecule has 4 aromatic carbocycles. The molecule has 0 aliphatic heterocycles. The second kappa shape index (κ2) is 10.8. The molecule has 202 valence electrons. The lowest BCUT2D eigenvalue weighted by Gasteiger charge is -2.13. The first-order valence-corrected chi connectivity index (χ1v) is 12.6. The number of nitro benzene ring substituents is 1. The van der Waals surface area contributed by atoms with E-state index in [4.69, 9.17) is 18.9 Å². The standard InChI is InChI=1S/C31H22N4O6/c1-39-27-12-6-8-22(29(27)40-19-20-13-15-23(16-14-20)35(37)38)18-32-34-30(28-17-21-7-2-5-11-26(21)41-28)33-25-10-4-3-9-24(25)31(34)36/h2-18H,19H2,1H3. The summed E-state index contributed by atoms with van der Waals surface area (Å²) < 4.78 is 18.8. The second-order valence-electron chi connectivity index (χ2n) is 9.05. The van der Waals surface area contributed by atoms with E-state index in [1.165, 1.54) is 30.1 Å². The molecule has 10 nitrogen and oxygen atoms in total. The third-order valence-corrected chi connectivity index (χ3v) is 6.47. The molecule has 0 unspecified atom stereocenters. The zero-order chi connectivity index (χ0) is 28.3. The Kier molecular flexibility index (Phi) is 6.70. The van der Waals surface area contributed by atoms with Gasteiger partial charge in [-0.2, -0.15) is 9.78 Å². The largest absolute Gasteiger partial charge is 0.493 e. The van der Waals surface area contributed by atoms with Gasteiger partial charge in [0.05, 0.1) is 29.2 Å². The smallest absolute Gasteiger partial charge is 0.282 e. The van der Waals surface area contributed by atoms with Crippen molar-refractivity contribution in [3.8, 4) is 23.1 Å². The Morgan fingerprint density at radius 3 is 2.56 bits per heavy atom. The van der Waals surface area contributed by atoms with Gasteiger partial charge in [-0.15, -0.1) is 0 Å². The summed E-state index contributed by atoms with van der Waals surface area (Å²) in [5, 5.41) is 16.8. The van der Waals surface area contributed by atoms with E-state index < -0.39 is 4.92 Å². The number of aromatic nitrogens is 2. The highest BCUT2D eigenvalue weighted by molar-refractivity contribution is 5.86. The maximum absolute atomic E-state index is 13.6. The van der Waals surface area contributed by atoms with Crippen molar-refractivity contribution in [2.75, 3.05) is 7.11 Å². The van der Waals surface area contributed by atoms with Crippen molar-refractivity contribution in [3.63, 3.8) is 0 Å². The molecule has 0 saturated heterocycles. The second-order valence-corrected chi connectivity index (χ2v) is 9.05. The number of methoxy groups -OCH3 is 1. The van der Waals surface area contributed by atoms with Crippen LogP contribution in [0.5, 0.6) is 11.5 Å². The first kappa shape index (κ1) is 25.5. The van der Waals surface area contributed by atoms with Crippen LogP contribution in [0.2, 0.25) is 0 Å². The van der Waals surface area contributed by atoms with E-state index in [0.29, 0.717) is 39.3 Å². The van der Waals surface area contributed by atoms with Crippen molar-refractivity contribution in [1.29, 1.82) is 0 Å². The molecule has 0 saturated carbocycles. The average molecular weight is 547 g/mol. The number of non-ortho nitro benzene ring substituents is 1. The Labute approximate surface area is 232 Å². The molecule has 0 aliphatic rings. The number of ether oxygens (including phenoxy) is 2. The van der Waals surface area contributed by atoms with Crippen molar-refractivity contribution in [2.45, 2.75) is 6.61 Å². The quantitative estimate of drug-likeness (QED) is 0.127. The molecule has 0 bridgehead atoms. The fourth-order valence-corrected chi connectivity index (χ4v) is 4.42. The number of benzene rings is 4. The van der Waals surface area contributed by atoms with Crippen molar-refractivity contribution in [1.82, 2.24) is 9.66 Å². The molecule has 2 heterocycles. The highest BCUT2D eigenvalue weighted by Gasteiger charge is 2.17. The summed E-state index contributed by atoms with van der Waals surface area (Å²) in [5.41, 5.74) is 2.09. The van der Waals surface area contributed by atoms with Gasteiger partial charge in [-0.25, -0.2) is 4.98 Å². The summed E-state index contributed by atoms with van der Waals surface area (Å²) in [5.74, 6) is 1.49. The SMILES string of the molecule is COc1cccc(C=Nn2c(-c3cc4ccccc4o3)nc3ccccc3c2=O)c1OCc1ccc([N+](=O)[O-])cc1. The average Bonchev–Trinajstić information content (AvgIpc) is 3.44. The third-order valence-electron chi connectivity index (χ3n) is 6.47. The van der Waals surface area contributed by atoms with E-state index >= 15 is 0 Å². The normalized spacial score (nSPS) is 11.3. The van der Waals surface area contributed by atoms with Gasteiger partial charge in [0.2, 0.25) is 5.82 Å². The molecule has 0 spiro atoms. The monoisotopic (exact) mass is 546 g/mol. The number of furan rings is 1. The minimum Gasteiger partial charge on any atom is -0.493 e. The number of fused-ring (bicyclic) bond motifs is 2.